The van der Waals surface area contributed by atoms with Gasteiger partial charge in [0.05, 0.1) is 11.2 Å². The smallest absolute Gasteiger partial charge is 0.390 e. The van der Waals surface area contributed by atoms with Gasteiger partial charge in [-0.05, 0) is 57.2 Å². The molecule has 2 nitrogen and oxygen atoms in total. The van der Waals surface area contributed by atoms with Gasteiger partial charge in [-0.25, -0.2) is 0 Å². The Balaban J connectivity index is 1.66. The molecule has 2 saturated heterocycles. The zero-order valence-electron chi connectivity index (χ0n) is 13.4. The van der Waals surface area contributed by atoms with Crippen molar-refractivity contribution in [1.29, 1.82) is 0 Å². The van der Waals surface area contributed by atoms with Crippen molar-refractivity contribution in [1.82, 2.24) is 4.90 Å². The molecule has 0 amide bonds. The first-order valence-electron chi connectivity index (χ1n) is 8.37. The number of hydrogen-bond donors (Lipinski definition) is 1. The fourth-order valence-corrected chi connectivity index (χ4v) is 4.23. The predicted molar refractivity (Wildman–Crippen MR) is 83.1 cm³/mol. The summed E-state index contributed by atoms with van der Waals surface area (Å²) in [5.41, 5.74) is -0.698. The molecule has 5 heteroatoms. The van der Waals surface area contributed by atoms with Crippen LogP contribution in [0.15, 0.2) is 24.3 Å². The molecule has 2 heterocycles. The van der Waals surface area contributed by atoms with E-state index in [2.05, 4.69) is 11.9 Å². The van der Waals surface area contributed by atoms with Gasteiger partial charge in [-0.15, -0.1) is 0 Å². The third kappa shape index (κ3) is 3.72. The summed E-state index contributed by atoms with van der Waals surface area (Å²) in [6.45, 7) is 0. The Hall–Kier alpha value is -1.07. The Kier molecular flexibility index (Phi) is 4.45. The number of hydrogen-bond acceptors (Lipinski definition) is 2. The average molecular weight is 327 g/mol. The first kappa shape index (κ1) is 16.8. The minimum atomic E-state index is -4.31. The molecule has 2 bridgehead atoms. The first-order chi connectivity index (χ1) is 10.8. The van der Waals surface area contributed by atoms with Crippen molar-refractivity contribution in [3.63, 3.8) is 0 Å². The van der Waals surface area contributed by atoms with Crippen molar-refractivity contribution >= 4 is 0 Å². The summed E-state index contributed by atoms with van der Waals surface area (Å²) in [5.74, 6) is 0. The van der Waals surface area contributed by atoms with Gasteiger partial charge in [0, 0.05) is 12.1 Å². The molecular weight excluding hydrogens is 303 g/mol. The van der Waals surface area contributed by atoms with E-state index < -0.39 is 17.3 Å². The maximum absolute atomic E-state index is 12.8. The fourth-order valence-electron chi connectivity index (χ4n) is 4.23. The zero-order chi connectivity index (χ0) is 16.7. The summed E-state index contributed by atoms with van der Waals surface area (Å²) in [6, 6.07) is 6.29. The zero-order valence-corrected chi connectivity index (χ0v) is 13.4. The van der Waals surface area contributed by atoms with Crippen LogP contribution in [0.3, 0.4) is 0 Å². The monoisotopic (exact) mass is 327 g/mol. The molecule has 2 fully saturated rings. The molecule has 1 N–H and O–H groups in total. The number of rotatable bonds is 3. The SMILES string of the molecule is CN1C2CCCC1CC(O)(CCc1cccc(C(F)(F)F)c1)C2. The average Bonchev–Trinajstić information content (AvgIpc) is 2.47. The van der Waals surface area contributed by atoms with Crippen molar-refractivity contribution in [3.8, 4) is 0 Å². The molecule has 0 spiro atoms. The molecule has 128 valence electrons. The molecule has 2 aliphatic rings. The number of halogens is 3. The van der Waals surface area contributed by atoms with Gasteiger partial charge in [-0.2, -0.15) is 13.2 Å². The van der Waals surface area contributed by atoms with Crippen LogP contribution in [0.1, 0.15) is 49.7 Å². The summed E-state index contributed by atoms with van der Waals surface area (Å²) < 4.78 is 38.3. The lowest BCUT2D eigenvalue weighted by Gasteiger charge is -2.50. The van der Waals surface area contributed by atoms with Crippen LogP contribution in [0, 0.1) is 0 Å². The van der Waals surface area contributed by atoms with E-state index in [0.29, 0.717) is 30.5 Å². The maximum atomic E-state index is 12.8. The van der Waals surface area contributed by atoms with E-state index in [4.69, 9.17) is 0 Å². The highest BCUT2D eigenvalue weighted by Crippen LogP contribution is 2.40. The molecule has 0 saturated carbocycles. The van der Waals surface area contributed by atoms with E-state index in [1.807, 2.05) is 0 Å². The highest BCUT2D eigenvalue weighted by molar-refractivity contribution is 5.26. The van der Waals surface area contributed by atoms with E-state index in [1.54, 1.807) is 6.07 Å². The molecule has 23 heavy (non-hydrogen) atoms. The van der Waals surface area contributed by atoms with Gasteiger partial charge >= 0.3 is 6.18 Å². The Bertz CT molecular complexity index is 543. The molecule has 3 rings (SSSR count). The number of aryl methyl sites for hydroxylation is 1. The van der Waals surface area contributed by atoms with Crippen molar-refractivity contribution in [2.75, 3.05) is 7.05 Å². The van der Waals surface area contributed by atoms with Crippen LogP contribution in [0.5, 0.6) is 0 Å². The van der Waals surface area contributed by atoms with Crippen LogP contribution in [0.2, 0.25) is 0 Å². The molecule has 2 aliphatic heterocycles. The highest BCUT2D eigenvalue weighted by Gasteiger charge is 2.43. The van der Waals surface area contributed by atoms with Gasteiger partial charge in [0.15, 0.2) is 0 Å². The van der Waals surface area contributed by atoms with E-state index in [9.17, 15) is 18.3 Å². The van der Waals surface area contributed by atoms with Crippen molar-refractivity contribution in [2.45, 2.75) is 68.8 Å². The largest absolute Gasteiger partial charge is 0.416 e. The standard InChI is InChI=1S/C18H24F3NO/c1-22-15-6-3-7-16(22)12-17(23,11-15)9-8-13-4-2-5-14(10-13)18(19,20)21/h2,4-5,10,15-16,23H,3,6-9,11-12H2,1H3. The summed E-state index contributed by atoms with van der Waals surface area (Å²) in [4.78, 5) is 2.38. The van der Waals surface area contributed by atoms with E-state index in [-0.39, 0.29) is 0 Å². The van der Waals surface area contributed by atoms with Gasteiger partial charge in [-0.3, -0.25) is 0 Å². The van der Waals surface area contributed by atoms with E-state index >= 15 is 0 Å². The maximum Gasteiger partial charge on any atom is 0.416 e. The summed E-state index contributed by atoms with van der Waals surface area (Å²) in [5, 5.41) is 10.9. The number of alkyl halides is 3. The molecule has 1 aromatic carbocycles. The fraction of sp³-hybridized carbons (Fsp3) is 0.667. The van der Waals surface area contributed by atoms with Gasteiger partial charge in [0.25, 0.3) is 0 Å². The number of nitrogens with zero attached hydrogens (tertiary/aromatic N) is 1. The second-order valence-electron chi connectivity index (χ2n) is 7.23. The van der Waals surface area contributed by atoms with Crippen LogP contribution >= 0.6 is 0 Å². The second kappa shape index (κ2) is 6.10. The second-order valence-corrected chi connectivity index (χ2v) is 7.23. The number of benzene rings is 1. The number of piperidine rings is 2. The van der Waals surface area contributed by atoms with Crippen LogP contribution in [0.4, 0.5) is 13.2 Å². The lowest BCUT2D eigenvalue weighted by molar-refractivity contribution is -0.137. The van der Waals surface area contributed by atoms with Gasteiger partial charge in [-0.1, -0.05) is 24.6 Å². The number of fused-ring (bicyclic) bond motifs is 2. The normalized spacial score (nSPS) is 32.0. The highest BCUT2D eigenvalue weighted by atomic mass is 19.4. The first-order valence-corrected chi connectivity index (χ1v) is 8.37. The minimum Gasteiger partial charge on any atom is -0.390 e. The summed E-state index contributed by atoms with van der Waals surface area (Å²) in [7, 11) is 2.13. The molecule has 0 radical (unpaired) electrons. The quantitative estimate of drug-likeness (QED) is 0.906. The van der Waals surface area contributed by atoms with E-state index in [1.165, 1.54) is 18.6 Å². The topological polar surface area (TPSA) is 23.5 Å². The Morgan fingerprint density at radius 1 is 1.22 bits per heavy atom. The van der Waals surface area contributed by atoms with Gasteiger partial charge < -0.3 is 10.0 Å². The van der Waals surface area contributed by atoms with Gasteiger partial charge in [0.2, 0.25) is 0 Å². The summed E-state index contributed by atoms with van der Waals surface area (Å²) in [6.07, 6.45) is 1.62. The molecule has 2 atom stereocenters. The van der Waals surface area contributed by atoms with Crippen LogP contribution in [0.25, 0.3) is 0 Å². The lowest BCUT2D eigenvalue weighted by atomic mass is 9.73. The Labute approximate surface area is 135 Å². The lowest BCUT2D eigenvalue weighted by Crippen LogP contribution is -2.56. The predicted octanol–water partition coefficient (Wildman–Crippen LogP) is 4.02. The summed E-state index contributed by atoms with van der Waals surface area (Å²) >= 11 is 0. The Morgan fingerprint density at radius 3 is 2.48 bits per heavy atom. The van der Waals surface area contributed by atoms with Crippen molar-refractivity contribution < 1.29 is 18.3 Å². The number of aliphatic hydroxyl groups is 1. The molecule has 2 unspecified atom stereocenters. The third-order valence-corrected chi connectivity index (χ3v) is 5.59. The van der Waals surface area contributed by atoms with Crippen molar-refractivity contribution in [2.24, 2.45) is 0 Å². The van der Waals surface area contributed by atoms with Gasteiger partial charge in [0.1, 0.15) is 0 Å². The minimum absolute atomic E-state index is 0.411. The molecule has 0 aliphatic carbocycles. The third-order valence-electron chi connectivity index (χ3n) is 5.59. The molecule has 1 aromatic rings. The Morgan fingerprint density at radius 2 is 1.87 bits per heavy atom. The van der Waals surface area contributed by atoms with Crippen LogP contribution in [-0.2, 0) is 12.6 Å². The van der Waals surface area contributed by atoms with Crippen molar-refractivity contribution in [3.05, 3.63) is 35.4 Å². The van der Waals surface area contributed by atoms with E-state index in [0.717, 1.165) is 31.7 Å². The van der Waals surface area contributed by atoms with Crippen LogP contribution < -0.4 is 0 Å². The molecule has 0 aromatic heterocycles. The van der Waals surface area contributed by atoms with Crippen LogP contribution in [-0.4, -0.2) is 34.7 Å². The molecular formula is C18H24F3NO.